The number of aryl methyl sites for hydroxylation is 2. The van der Waals surface area contributed by atoms with E-state index in [4.69, 9.17) is 4.74 Å². The smallest absolute Gasteiger partial charge is 0.131 e. The van der Waals surface area contributed by atoms with Crippen LogP contribution in [0.2, 0.25) is 0 Å². The third kappa shape index (κ3) is 2.52. The van der Waals surface area contributed by atoms with Crippen molar-refractivity contribution >= 4 is 21.6 Å². The number of pyridine rings is 1. The quantitative estimate of drug-likeness (QED) is 0.854. The van der Waals surface area contributed by atoms with Crippen molar-refractivity contribution in [3.05, 3.63) is 22.7 Å². The molecule has 118 valence electrons. The van der Waals surface area contributed by atoms with Gasteiger partial charge in [-0.15, -0.1) is 11.3 Å². The minimum absolute atomic E-state index is 0.374. The number of ether oxygens (including phenoxy) is 1. The fourth-order valence-electron chi connectivity index (χ4n) is 3.95. The Kier molecular flexibility index (Phi) is 3.82. The minimum Gasteiger partial charge on any atom is -0.490 e. The Morgan fingerprint density at radius 3 is 2.77 bits per heavy atom. The van der Waals surface area contributed by atoms with Gasteiger partial charge in [-0.05, 0) is 70.7 Å². The third-order valence-electron chi connectivity index (χ3n) is 5.23. The van der Waals surface area contributed by atoms with Crippen molar-refractivity contribution in [2.45, 2.75) is 57.1 Å². The molecule has 4 heteroatoms. The molecule has 0 unspecified atom stereocenters. The van der Waals surface area contributed by atoms with Crippen molar-refractivity contribution < 1.29 is 4.74 Å². The maximum Gasteiger partial charge on any atom is 0.131 e. The SMILES string of the molecule is CN(C)C1CCC(Oc2ccnc3sc4c(c23)CCC4)CC1. The molecule has 3 nitrogen and oxygen atoms in total. The molecule has 0 bridgehead atoms. The summed E-state index contributed by atoms with van der Waals surface area (Å²) in [6, 6.07) is 2.80. The molecule has 2 aliphatic carbocycles. The van der Waals surface area contributed by atoms with Crippen molar-refractivity contribution in [3.63, 3.8) is 0 Å². The van der Waals surface area contributed by atoms with Crippen LogP contribution in [0.5, 0.6) is 5.75 Å². The Labute approximate surface area is 136 Å². The lowest BCUT2D eigenvalue weighted by atomic mass is 9.92. The molecule has 0 radical (unpaired) electrons. The summed E-state index contributed by atoms with van der Waals surface area (Å²) in [5.41, 5.74) is 1.52. The monoisotopic (exact) mass is 316 g/mol. The molecule has 2 aromatic heterocycles. The van der Waals surface area contributed by atoms with Gasteiger partial charge in [0, 0.05) is 17.1 Å². The van der Waals surface area contributed by atoms with Crippen LogP contribution in [0.3, 0.4) is 0 Å². The molecule has 0 amide bonds. The van der Waals surface area contributed by atoms with Gasteiger partial charge in [-0.1, -0.05) is 0 Å². The van der Waals surface area contributed by atoms with E-state index in [1.165, 1.54) is 65.6 Å². The van der Waals surface area contributed by atoms with Crippen molar-refractivity contribution in [2.24, 2.45) is 0 Å². The Bertz CT molecular complexity index is 671. The van der Waals surface area contributed by atoms with E-state index in [9.17, 15) is 0 Å². The summed E-state index contributed by atoms with van der Waals surface area (Å²) in [4.78, 5) is 9.63. The van der Waals surface area contributed by atoms with Crippen LogP contribution in [0.25, 0.3) is 10.2 Å². The normalized spacial score (nSPS) is 24.9. The van der Waals surface area contributed by atoms with Crippen molar-refractivity contribution in [2.75, 3.05) is 14.1 Å². The van der Waals surface area contributed by atoms with Gasteiger partial charge in [0.25, 0.3) is 0 Å². The van der Waals surface area contributed by atoms with Crippen LogP contribution < -0.4 is 4.74 Å². The molecule has 2 aromatic rings. The summed E-state index contributed by atoms with van der Waals surface area (Å²) >= 11 is 1.87. The van der Waals surface area contributed by atoms with E-state index in [0.717, 1.165) is 11.8 Å². The van der Waals surface area contributed by atoms with Crippen LogP contribution in [-0.4, -0.2) is 36.1 Å². The van der Waals surface area contributed by atoms with E-state index in [1.807, 2.05) is 17.5 Å². The van der Waals surface area contributed by atoms with E-state index in [-0.39, 0.29) is 0 Å². The Morgan fingerprint density at radius 2 is 2.00 bits per heavy atom. The van der Waals surface area contributed by atoms with E-state index >= 15 is 0 Å². The van der Waals surface area contributed by atoms with E-state index in [2.05, 4.69) is 30.0 Å². The predicted molar refractivity (Wildman–Crippen MR) is 92.0 cm³/mol. The summed E-state index contributed by atoms with van der Waals surface area (Å²) in [6.07, 6.45) is 10.8. The number of hydrogen-bond donors (Lipinski definition) is 0. The first-order valence-electron chi connectivity index (χ1n) is 8.44. The molecule has 0 aliphatic heterocycles. The van der Waals surface area contributed by atoms with Gasteiger partial charge in [-0.3, -0.25) is 0 Å². The van der Waals surface area contributed by atoms with E-state index in [1.54, 1.807) is 0 Å². The Hall–Kier alpha value is -1.13. The minimum atomic E-state index is 0.374. The van der Waals surface area contributed by atoms with Gasteiger partial charge in [-0.25, -0.2) is 4.98 Å². The molecule has 4 rings (SSSR count). The fourth-order valence-corrected chi connectivity index (χ4v) is 5.19. The first kappa shape index (κ1) is 14.5. The van der Waals surface area contributed by atoms with Gasteiger partial charge in [0.2, 0.25) is 0 Å². The standard InChI is InChI=1S/C18H24N2OS/c1-20(2)12-6-8-13(9-7-12)21-15-10-11-19-18-17(15)14-4-3-5-16(14)22-18/h10-13H,3-9H2,1-2H3. The zero-order valence-corrected chi connectivity index (χ0v) is 14.3. The molecule has 0 aromatic carbocycles. The molecule has 1 fully saturated rings. The van der Waals surface area contributed by atoms with Gasteiger partial charge in [0.15, 0.2) is 0 Å². The molecule has 22 heavy (non-hydrogen) atoms. The third-order valence-corrected chi connectivity index (χ3v) is 6.43. The highest BCUT2D eigenvalue weighted by molar-refractivity contribution is 7.19. The average molecular weight is 316 g/mol. The highest BCUT2D eigenvalue weighted by atomic mass is 32.1. The second kappa shape index (κ2) is 5.82. The zero-order chi connectivity index (χ0) is 15.1. The fraction of sp³-hybridized carbons (Fsp3) is 0.611. The van der Waals surface area contributed by atoms with Gasteiger partial charge >= 0.3 is 0 Å². The Morgan fingerprint density at radius 1 is 1.18 bits per heavy atom. The maximum atomic E-state index is 6.43. The van der Waals surface area contributed by atoms with Gasteiger partial charge in [-0.2, -0.15) is 0 Å². The van der Waals surface area contributed by atoms with Crippen LogP contribution in [0.1, 0.15) is 42.5 Å². The lowest BCUT2D eigenvalue weighted by molar-refractivity contribution is 0.112. The number of aromatic nitrogens is 1. The highest BCUT2D eigenvalue weighted by Crippen LogP contribution is 2.41. The zero-order valence-electron chi connectivity index (χ0n) is 13.5. The first-order chi connectivity index (χ1) is 10.7. The molecule has 0 saturated heterocycles. The summed E-state index contributed by atoms with van der Waals surface area (Å²) in [7, 11) is 4.37. The number of nitrogens with zero attached hydrogens (tertiary/aromatic N) is 2. The summed E-state index contributed by atoms with van der Waals surface area (Å²) in [5, 5.41) is 1.31. The Balaban J connectivity index is 1.55. The molecule has 0 N–H and O–H groups in total. The average Bonchev–Trinajstić information content (AvgIpc) is 3.08. The van der Waals surface area contributed by atoms with Crippen molar-refractivity contribution in [3.8, 4) is 5.75 Å². The summed E-state index contributed by atoms with van der Waals surface area (Å²) < 4.78 is 6.43. The largest absolute Gasteiger partial charge is 0.490 e. The van der Waals surface area contributed by atoms with Gasteiger partial charge in [0.05, 0.1) is 11.5 Å². The molecule has 2 heterocycles. The lowest BCUT2D eigenvalue weighted by Crippen LogP contribution is -2.35. The van der Waals surface area contributed by atoms with Crippen LogP contribution in [0.15, 0.2) is 12.3 Å². The summed E-state index contributed by atoms with van der Waals surface area (Å²) in [6.45, 7) is 0. The van der Waals surface area contributed by atoms with Crippen LogP contribution >= 0.6 is 11.3 Å². The molecule has 2 aliphatic rings. The predicted octanol–water partition coefficient (Wildman–Crippen LogP) is 4.04. The van der Waals surface area contributed by atoms with Crippen LogP contribution in [0.4, 0.5) is 0 Å². The second-order valence-corrected chi connectivity index (χ2v) is 7.94. The molecule has 0 spiro atoms. The topological polar surface area (TPSA) is 25.4 Å². The van der Waals surface area contributed by atoms with E-state index in [0.29, 0.717) is 6.10 Å². The first-order valence-corrected chi connectivity index (χ1v) is 9.26. The molecular formula is C18H24N2OS. The molecule has 0 atom stereocenters. The van der Waals surface area contributed by atoms with E-state index < -0.39 is 0 Å². The summed E-state index contributed by atoms with van der Waals surface area (Å²) in [5.74, 6) is 1.08. The highest BCUT2D eigenvalue weighted by Gasteiger charge is 2.26. The second-order valence-electron chi connectivity index (χ2n) is 6.86. The number of fused-ring (bicyclic) bond motifs is 3. The van der Waals surface area contributed by atoms with Crippen LogP contribution in [0, 0.1) is 0 Å². The number of hydrogen-bond acceptors (Lipinski definition) is 4. The molecular weight excluding hydrogens is 292 g/mol. The van der Waals surface area contributed by atoms with Crippen molar-refractivity contribution in [1.29, 1.82) is 0 Å². The van der Waals surface area contributed by atoms with Gasteiger partial charge in [0.1, 0.15) is 10.6 Å². The van der Waals surface area contributed by atoms with Crippen LogP contribution in [-0.2, 0) is 12.8 Å². The number of thiophene rings is 1. The van der Waals surface area contributed by atoms with Gasteiger partial charge < -0.3 is 9.64 Å². The number of rotatable bonds is 3. The molecule has 1 saturated carbocycles. The lowest BCUT2D eigenvalue weighted by Gasteiger charge is -2.32. The van der Waals surface area contributed by atoms with Crippen molar-refractivity contribution in [1.82, 2.24) is 9.88 Å². The maximum absolute atomic E-state index is 6.43.